The highest BCUT2D eigenvalue weighted by Crippen LogP contribution is 2.48. The molecule has 1 atom stereocenters. The van der Waals surface area contributed by atoms with Gasteiger partial charge in [0.15, 0.2) is 0 Å². The van der Waals surface area contributed by atoms with E-state index in [-0.39, 0.29) is 0 Å². The van der Waals surface area contributed by atoms with Gasteiger partial charge in [0.2, 0.25) is 5.91 Å². The van der Waals surface area contributed by atoms with Gasteiger partial charge in [-0.05, 0) is 48.6 Å². The first kappa shape index (κ1) is 11.3. The highest BCUT2D eigenvalue weighted by molar-refractivity contribution is 7.10. The van der Waals surface area contributed by atoms with Crippen LogP contribution in [-0.2, 0) is 11.2 Å². The van der Waals surface area contributed by atoms with E-state index in [1.54, 1.807) is 0 Å². The van der Waals surface area contributed by atoms with E-state index < -0.39 is 0 Å². The van der Waals surface area contributed by atoms with Crippen LogP contribution >= 0.6 is 11.3 Å². The van der Waals surface area contributed by atoms with Gasteiger partial charge in [-0.15, -0.1) is 11.3 Å². The zero-order valence-corrected chi connectivity index (χ0v) is 11.1. The first-order valence-electron chi connectivity index (χ1n) is 6.67. The van der Waals surface area contributed by atoms with E-state index in [1.165, 1.54) is 23.3 Å². The molecule has 17 heavy (non-hydrogen) atoms. The molecule has 0 saturated heterocycles. The van der Waals surface area contributed by atoms with Crippen molar-refractivity contribution in [2.45, 2.75) is 45.1 Å². The molecule has 1 fully saturated rings. The molecule has 1 aromatic rings. The maximum atomic E-state index is 12.2. The molecule has 1 aromatic heterocycles. The third-order valence-corrected chi connectivity index (χ3v) is 4.86. The Kier molecular flexibility index (Phi) is 2.95. The maximum absolute atomic E-state index is 12.2. The van der Waals surface area contributed by atoms with E-state index in [0.29, 0.717) is 18.4 Å². The van der Waals surface area contributed by atoms with Gasteiger partial charge < -0.3 is 4.90 Å². The van der Waals surface area contributed by atoms with Crippen LogP contribution in [0.25, 0.3) is 0 Å². The van der Waals surface area contributed by atoms with E-state index >= 15 is 0 Å². The van der Waals surface area contributed by atoms with E-state index in [1.807, 2.05) is 11.3 Å². The van der Waals surface area contributed by atoms with Crippen LogP contribution in [-0.4, -0.2) is 17.4 Å². The average molecular weight is 249 g/mol. The molecule has 0 radical (unpaired) electrons. The summed E-state index contributed by atoms with van der Waals surface area (Å²) in [5.41, 5.74) is 1.45. The SMILES string of the molecule is CCCC(=O)N1CCc2sccc2C1C1CC1. The lowest BCUT2D eigenvalue weighted by molar-refractivity contribution is -0.134. The van der Waals surface area contributed by atoms with Crippen molar-refractivity contribution in [3.8, 4) is 0 Å². The molecule has 3 rings (SSSR count). The Balaban J connectivity index is 1.88. The molecular formula is C14H19NOS. The number of nitrogens with zero attached hydrogens (tertiary/aromatic N) is 1. The van der Waals surface area contributed by atoms with Gasteiger partial charge in [0.05, 0.1) is 6.04 Å². The monoisotopic (exact) mass is 249 g/mol. The Morgan fingerprint density at radius 2 is 2.35 bits per heavy atom. The molecule has 0 bridgehead atoms. The van der Waals surface area contributed by atoms with Gasteiger partial charge in [-0.25, -0.2) is 0 Å². The van der Waals surface area contributed by atoms with Crippen molar-refractivity contribution in [2.24, 2.45) is 5.92 Å². The first-order valence-corrected chi connectivity index (χ1v) is 7.55. The second kappa shape index (κ2) is 4.45. The normalized spacial score (nSPS) is 23.6. The summed E-state index contributed by atoms with van der Waals surface area (Å²) in [5.74, 6) is 1.10. The summed E-state index contributed by atoms with van der Waals surface area (Å²) in [7, 11) is 0. The van der Waals surface area contributed by atoms with Gasteiger partial charge in [0.25, 0.3) is 0 Å². The summed E-state index contributed by atoms with van der Waals surface area (Å²) in [6, 6.07) is 2.65. The molecule has 1 saturated carbocycles. The summed E-state index contributed by atoms with van der Waals surface area (Å²) in [5, 5.41) is 2.19. The largest absolute Gasteiger partial charge is 0.335 e. The zero-order chi connectivity index (χ0) is 11.8. The van der Waals surface area contributed by atoms with Gasteiger partial charge >= 0.3 is 0 Å². The first-order chi connectivity index (χ1) is 8.31. The topological polar surface area (TPSA) is 20.3 Å². The number of fused-ring (bicyclic) bond motifs is 1. The molecular weight excluding hydrogens is 230 g/mol. The minimum absolute atomic E-state index is 0.362. The molecule has 2 nitrogen and oxygen atoms in total. The van der Waals surface area contributed by atoms with Crippen LogP contribution in [0.1, 0.15) is 49.1 Å². The van der Waals surface area contributed by atoms with Crippen molar-refractivity contribution < 1.29 is 4.79 Å². The summed E-state index contributed by atoms with van der Waals surface area (Å²) in [4.78, 5) is 15.9. The van der Waals surface area contributed by atoms with Crippen LogP contribution in [0.5, 0.6) is 0 Å². The number of rotatable bonds is 3. The van der Waals surface area contributed by atoms with Crippen molar-refractivity contribution in [3.63, 3.8) is 0 Å². The molecule has 1 unspecified atom stereocenters. The average Bonchev–Trinajstić information content (AvgIpc) is 3.05. The quantitative estimate of drug-likeness (QED) is 0.804. The smallest absolute Gasteiger partial charge is 0.223 e. The van der Waals surface area contributed by atoms with Crippen molar-refractivity contribution in [1.82, 2.24) is 4.90 Å². The second-order valence-electron chi connectivity index (χ2n) is 5.17. The second-order valence-corrected chi connectivity index (χ2v) is 6.17. The van der Waals surface area contributed by atoms with Crippen LogP contribution in [0.3, 0.4) is 0 Å². The van der Waals surface area contributed by atoms with Crippen LogP contribution in [0.15, 0.2) is 11.4 Å². The summed E-state index contributed by atoms with van der Waals surface area (Å²) in [6.07, 6.45) is 5.34. The van der Waals surface area contributed by atoms with Crippen LogP contribution < -0.4 is 0 Å². The number of thiophene rings is 1. The number of hydrogen-bond acceptors (Lipinski definition) is 2. The van der Waals surface area contributed by atoms with Gasteiger partial charge in [0, 0.05) is 17.8 Å². The van der Waals surface area contributed by atoms with E-state index in [2.05, 4.69) is 23.3 Å². The van der Waals surface area contributed by atoms with E-state index in [4.69, 9.17) is 0 Å². The Hall–Kier alpha value is -0.830. The molecule has 2 aliphatic rings. The predicted molar refractivity (Wildman–Crippen MR) is 70.1 cm³/mol. The highest BCUT2D eigenvalue weighted by Gasteiger charge is 2.41. The summed E-state index contributed by atoms with van der Waals surface area (Å²) < 4.78 is 0. The molecule has 1 aliphatic heterocycles. The zero-order valence-electron chi connectivity index (χ0n) is 10.3. The Labute approximate surface area is 107 Å². The van der Waals surface area contributed by atoms with Crippen LogP contribution in [0, 0.1) is 5.92 Å². The lowest BCUT2D eigenvalue weighted by Gasteiger charge is -2.36. The molecule has 1 aliphatic carbocycles. The summed E-state index contributed by atoms with van der Waals surface area (Å²) in [6.45, 7) is 3.03. The fraction of sp³-hybridized carbons (Fsp3) is 0.643. The maximum Gasteiger partial charge on any atom is 0.223 e. The highest BCUT2D eigenvalue weighted by atomic mass is 32.1. The number of hydrogen-bond donors (Lipinski definition) is 0. The minimum Gasteiger partial charge on any atom is -0.335 e. The Bertz CT molecular complexity index is 422. The molecule has 0 aromatic carbocycles. The van der Waals surface area contributed by atoms with E-state index in [0.717, 1.165) is 25.3 Å². The molecule has 92 valence electrons. The number of amides is 1. The molecule has 0 spiro atoms. The fourth-order valence-electron chi connectivity index (χ4n) is 2.90. The Morgan fingerprint density at radius 3 is 3.06 bits per heavy atom. The van der Waals surface area contributed by atoms with Gasteiger partial charge in [-0.3, -0.25) is 4.79 Å². The summed E-state index contributed by atoms with van der Waals surface area (Å²) >= 11 is 1.86. The predicted octanol–water partition coefficient (Wildman–Crippen LogP) is 3.38. The van der Waals surface area contributed by atoms with Crippen LogP contribution in [0.2, 0.25) is 0 Å². The number of carbonyl (C=O) groups excluding carboxylic acids is 1. The lowest BCUT2D eigenvalue weighted by Crippen LogP contribution is -2.40. The van der Waals surface area contributed by atoms with Crippen molar-refractivity contribution >= 4 is 17.2 Å². The fourth-order valence-corrected chi connectivity index (χ4v) is 3.82. The molecule has 3 heteroatoms. The van der Waals surface area contributed by atoms with Gasteiger partial charge in [-0.2, -0.15) is 0 Å². The molecule has 0 N–H and O–H groups in total. The minimum atomic E-state index is 0.362. The standard InChI is InChI=1S/C14H19NOS/c1-2-3-13(16)15-8-6-12-11(7-9-17-12)14(15)10-4-5-10/h7,9-10,14H,2-6,8H2,1H3. The van der Waals surface area contributed by atoms with Crippen molar-refractivity contribution in [1.29, 1.82) is 0 Å². The third-order valence-electron chi connectivity index (χ3n) is 3.87. The van der Waals surface area contributed by atoms with E-state index in [9.17, 15) is 4.79 Å². The Morgan fingerprint density at radius 1 is 1.53 bits per heavy atom. The van der Waals surface area contributed by atoms with Gasteiger partial charge in [0.1, 0.15) is 0 Å². The van der Waals surface area contributed by atoms with Crippen molar-refractivity contribution in [2.75, 3.05) is 6.54 Å². The van der Waals surface area contributed by atoms with Crippen LogP contribution in [0.4, 0.5) is 0 Å². The molecule has 1 amide bonds. The van der Waals surface area contributed by atoms with Gasteiger partial charge in [-0.1, -0.05) is 6.92 Å². The molecule has 2 heterocycles. The lowest BCUT2D eigenvalue weighted by atomic mass is 9.95. The third kappa shape index (κ3) is 2.01. The number of carbonyl (C=O) groups is 1. The van der Waals surface area contributed by atoms with Crippen molar-refractivity contribution in [3.05, 3.63) is 21.9 Å².